The van der Waals surface area contributed by atoms with Crippen LogP contribution in [0.5, 0.6) is 0 Å². The van der Waals surface area contributed by atoms with E-state index in [0.29, 0.717) is 17.1 Å². The Labute approximate surface area is 124 Å². The molecule has 0 fully saturated rings. The predicted molar refractivity (Wildman–Crippen MR) is 78.1 cm³/mol. The highest BCUT2D eigenvalue weighted by molar-refractivity contribution is 7.89. The van der Waals surface area contributed by atoms with Crippen molar-refractivity contribution in [3.63, 3.8) is 0 Å². The van der Waals surface area contributed by atoms with Crippen molar-refractivity contribution in [2.75, 3.05) is 0 Å². The summed E-state index contributed by atoms with van der Waals surface area (Å²) in [6.45, 7) is 7.11. The van der Waals surface area contributed by atoms with Crippen molar-refractivity contribution >= 4 is 10.0 Å². The maximum atomic E-state index is 12.9. The normalized spacial score (nSPS) is 12.3. The van der Waals surface area contributed by atoms with Crippen molar-refractivity contribution in [2.24, 2.45) is 0 Å². The first kappa shape index (κ1) is 15.7. The first-order valence-electron chi connectivity index (χ1n) is 6.68. The Kier molecular flexibility index (Phi) is 4.43. The monoisotopic (exact) mass is 309 g/mol. The van der Waals surface area contributed by atoms with Crippen LogP contribution in [0.25, 0.3) is 0 Å². The highest BCUT2D eigenvalue weighted by Crippen LogP contribution is 2.25. The van der Waals surface area contributed by atoms with Gasteiger partial charge in [0, 0.05) is 12.2 Å². The van der Waals surface area contributed by atoms with Crippen molar-refractivity contribution in [1.29, 1.82) is 0 Å². The lowest BCUT2D eigenvalue weighted by atomic mass is 10.3. The molecular weight excluding hydrogens is 290 g/mol. The quantitative estimate of drug-likeness (QED) is 0.847. The Balaban J connectivity index is 2.43. The SMILES string of the molecule is Cc1noc(C)c1S(=O)(=O)N(Cc1ccccn1)C(C)C. The number of rotatable bonds is 5. The van der Waals surface area contributed by atoms with E-state index in [0.717, 1.165) is 0 Å². The minimum atomic E-state index is -3.68. The first-order chi connectivity index (χ1) is 9.84. The van der Waals surface area contributed by atoms with Gasteiger partial charge < -0.3 is 4.52 Å². The molecule has 0 saturated carbocycles. The second kappa shape index (κ2) is 5.95. The Morgan fingerprint density at radius 1 is 1.29 bits per heavy atom. The van der Waals surface area contributed by atoms with Crippen LogP contribution in [0.4, 0.5) is 0 Å². The van der Waals surface area contributed by atoms with E-state index in [1.54, 1.807) is 32.2 Å². The Bertz CT molecular complexity index is 689. The fourth-order valence-corrected chi connectivity index (χ4v) is 4.06. The highest BCUT2D eigenvalue weighted by atomic mass is 32.2. The van der Waals surface area contributed by atoms with Crippen LogP contribution < -0.4 is 0 Å². The summed E-state index contributed by atoms with van der Waals surface area (Å²) in [5, 5.41) is 3.73. The van der Waals surface area contributed by atoms with Crippen molar-refractivity contribution in [3.05, 3.63) is 41.5 Å². The molecule has 0 aliphatic rings. The molecule has 0 saturated heterocycles. The van der Waals surface area contributed by atoms with E-state index in [-0.39, 0.29) is 17.5 Å². The van der Waals surface area contributed by atoms with Crippen molar-refractivity contribution in [2.45, 2.75) is 45.2 Å². The van der Waals surface area contributed by atoms with E-state index in [1.165, 1.54) is 4.31 Å². The van der Waals surface area contributed by atoms with E-state index >= 15 is 0 Å². The second-order valence-corrected chi connectivity index (χ2v) is 6.95. The number of nitrogens with zero attached hydrogens (tertiary/aromatic N) is 3. The van der Waals surface area contributed by atoms with E-state index in [2.05, 4.69) is 10.1 Å². The Morgan fingerprint density at radius 2 is 2.00 bits per heavy atom. The maximum Gasteiger partial charge on any atom is 0.249 e. The fraction of sp³-hybridized carbons (Fsp3) is 0.429. The molecule has 2 aromatic heterocycles. The average molecular weight is 309 g/mol. The summed E-state index contributed by atoms with van der Waals surface area (Å²) in [7, 11) is -3.68. The van der Waals surface area contributed by atoms with Crippen LogP contribution in [-0.2, 0) is 16.6 Å². The maximum absolute atomic E-state index is 12.9. The summed E-state index contributed by atoms with van der Waals surface area (Å²) >= 11 is 0. The van der Waals surface area contributed by atoms with Crippen LogP contribution in [0.1, 0.15) is 31.0 Å². The third kappa shape index (κ3) is 3.14. The zero-order chi connectivity index (χ0) is 15.6. The third-order valence-electron chi connectivity index (χ3n) is 3.15. The van der Waals surface area contributed by atoms with Gasteiger partial charge in [-0.25, -0.2) is 8.42 Å². The third-order valence-corrected chi connectivity index (χ3v) is 5.42. The van der Waals surface area contributed by atoms with Gasteiger partial charge in [-0.15, -0.1) is 0 Å². The molecule has 21 heavy (non-hydrogen) atoms. The lowest BCUT2D eigenvalue weighted by Crippen LogP contribution is -2.37. The zero-order valence-corrected chi connectivity index (χ0v) is 13.4. The molecule has 2 heterocycles. The summed E-state index contributed by atoms with van der Waals surface area (Å²) in [5.74, 6) is 0.305. The van der Waals surface area contributed by atoms with Crippen LogP contribution in [0, 0.1) is 13.8 Å². The average Bonchev–Trinajstić information content (AvgIpc) is 2.76. The van der Waals surface area contributed by atoms with Gasteiger partial charge in [-0.05, 0) is 39.8 Å². The van der Waals surface area contributed by atoms with Crippen molar-refractivity contribution in [1.82, 2.24) is 14.4 Å². The molecule has 0 spiro atoms. The summed E-state index contributed by atoms with van der Waals surface area (Å²) in [6.07, 6.45) is 1.65. The molecule has 0 radical (unpaired) electrons. The molecule has 0 aromatic carbocycles. The van der Waals surface area contributed by atoms with Crippen LogP contribution in [-0.4, -0.2) is 28.9 Å². The van der Waals surface area contributed by atoms with Gasteiger partial charge in [0.2, 0.25) is 10.0 Å². The number of aryl methyl sites for hydroxylation is 2. The fourth-order valence-electron chi connectivity index (χ4n) is 2.16. The Hall–Kier alpha value is -1.73. The molecule has 0 amide bonds. The number of aromatic nitrogens is 2. The summed E-state index contributed by atoms with van der Waals surface area (Å²) < 4.78 is 32.2. The zero-order valence-electron chi connectivity index (χ0n) is 12.6. The van der Waals surface area contributed by atoms with E-state index in [1.807, 2.05) is 19.9 Å². The van der Waals surface area contributed by atoms with Crippen molar-refractivity contribution in [3.8, 4) is 0 Å². The second-order valence-electron chi connectivity index (χ2n) is 5.12. The summed E-state index contributed by atoms with van der Waals surface area (Å²) in [4.78, 5) is 4.34. The lowest BCUT2D eigenvalue weighted by Gasteiger charge is -2.25. The standard InChI is InChI=1S/C14H19N3O3S/c1-10(2)17(9-13-7-5-6-8-15-13)21(18,19)14-11(3)16-20-12(14)4/h5-8,10H,9H2,1-4H3. The smallest absolute Gasteiger partial charge is 0.249 e. The molecule has 7 heteroatoms. The largest absolute Gasteiger partial charge is 0.360 e. The molecule has 6 nitrogen and oxygen atoms in total. The predicted octanol–water partition coefficient (Wildman–Crippen LogP) is 2.29. The lowest BCUT2D eigenvalue weighted by molar-refractivity contribution is 0.343. The van der Waals surface area contributed by atoms with Crippen molar-refractivity contribution < 1.29 is 12.9 Å². The van der Waals surface area contributed by atoms with E-state index < -0.39 is 10.0 Å². The number of hydrogen-bond donors (Lipinski definition) is 0. The first-order valence-corrected chi connectivity index (χ1v) is 8.12. The van der Waals surface area contributed by atoms with Gasteiger partial charge in [-0.1, -0.05) is 11.2 Å². The van der Waals surface area contributed by atoms with Gasteiger partial charge in [-0.3, -0.25) is 4.98 Å². The van der Waals surface area contributed by atoms with Gasteiger partial charge in [0.25, 0.3) is 0 Å². The van der Waals surface area contributed by atoms with Crippen LogP contribution in [0.3, 0.4) is 0 Å². The molecule has 0 bridgehead atoms. The minimum absolute atomic E-state index is 0.145. The number of hydrogen-bond acceptors (Lipinski definition) is 5. The molecular formula is C14H19N3O3S. The van der Waals surface area contributed by atoms with Gasteiger partial charge in [-0.2, -0.15) is 4.31 Å². The Morgan fingerprint density at radius 3 is 2.48 bits per heavy atom. The number of sulfonamides is 1. The van der Waals surface area contributed by atoms with E-state index in [9.17, 15) is 8.42 Å². The molecule has 114 valence electrons. The summed E-state index contributed by atoms with van der Waals surface area (Å²) in [6, 6.07) is 5.24. The molecule has 0 atom stereocenters. The summed E-state index contributed by atoms with van der Waals surface area (Å²) in [5.41, 5.74) is 1.07. The molecule has 0 unspecified atom stereocenters. The van der Waals surface area contributed by atoms with Crippen LogP contribution in [0.2, 0.25) is 0 Å². The molecule has 0 aliphatic heterocycles. The minimum Gasteiger partial charge on any atom is -0.360 e. The van der Waals surface area contributed by atoms with E-state index in [4.69, 9.17) is 4.52 Å². The van der Waals surface area contributed by atoms with Crippen LogP contribution in [0.15, 0.2) is 33.8 Å². The van der Waals surface area contributed by atoms with Gasteiger partial charge in [0.1, 0.15) is 10.6 Å². The molecule has 2 aromatic rings. The van der Waals surface area contributed by atoms with Gasteiger partial charge >= 0.3 is 0 Å². The number of pyridine rings is 1. The highest BCUT2D eigenvalue weighted by Gasteiger charge is 2.32. The van der Waals surface area contributed by atoms with Crippen LogP contribution >= 0.6 is 0 Å². The van der Waals surface area contributed by atoms with Gasteiger partial charge in [0.15, 0.2) is 5.76 Å². The van der Waals surface area contributed by atoms with Gasteiger partial charge in [0.05, 0.1) is 12.2 Å². The molecule has 0 N–H and O–H groups in total. The molecule has 0 aliphatic carbocycles. The molecule has 2 rings (SSSR count). The topological polar surface area (TPSA) is 76.3 Å².